The van der Waals surface area contributed by atoms with E-state index in [9.17, 15) is 4.79 Å². The van der Waals surface area contributed by atoms with E-state index in [1.54, 1.807) is 0 Å². The number of aromatic nitrogens is 2. The SMILES string of the molecule is O=C(Nc1ccc(OC2CCCC2)cc1)C1CCN(Cc2nc(-c3cccc(Br)c3)no2)CC1. The number of carbonyl (C=O) groups excluding carboxylic acids is 1. The molecule has 1 amide bonds. The van der Waals surface area contributed by atoms with Crippen molar-refractivity contribution in [2.45, 2.75) is 51.2 Å². The van der Waals surface area contributed by atoms with E-state index in [2.05, 4.69) is 36.3 Å². The van der Waals surface area contributed by atoms with E-state index in [0.717, 1.165) is 60.2 Å². The highest BCUT2D eigenvalue weighted by Gasteiger charge is 2.26. The quantitative estimate of drug-likeness (QED) is 0.428. The van der Waals surface area contributed by atoms with Crippen LogP contribution in [0.25, 0.3) is 11.4 Å². The molecule has 0 bridgehead atoms. The maximum atomic E-state index is 12.8. The highest BCUT2D eigenvalue weighted by atomic mass is 79.9. The molecule has 0 atom stereocenters. The molecule has 1 saturated heterocycles. The summed E-state index contributed by atoms with van der Waals surface area (Å²) in [7, 11) is 0. The fourth-order valence-corrected chi connectivity index (χ4v) is 5.07. The van der Waals surface area contributed by atoms with Gasteiger partial charge in [0.05, 0.1) is 12.6 Å². The van der Waals surface area contributed by atoms with E-state index in [4.69, 9.17) is 9.26 Å². The van der Waals surface area contributed by atoms with Crippen LogP contribution >= 0.6 is 15.9 Å². The van der Waals surface area contributed by atoms with Crippen molar-refractivity contribution < 1.29 is 14.1 Å². The first-order valence-corrected chi connectivity index (χ1v) is 12.8. The molecule has 8 heteroatoms. The standard InChI is InChI=1S/C26H29BrN4O3/c27-20-5-3-4-19(16-20)25-29-24(34-30-25)17-31-14-12-18(13-15-31)26(32)28-21-8-10-23(11-9-21)33-22-6-1-2-7-22/h3-5,8-11,16,18,22H,1-2,6-7,12-15,17H2,(H,28,32). The van der Waals surface area contributed by atoms with E-state index in [1.165, 1.54) is 12.8 Å². The highest BCUT2D eigenvalue weighted by molar-refractivity contribution is 9.10. The number of halogens is 1. The summed E-state index contributed by atoms with van der Waals surface area (Å²) in [6.45, 7) is 2.24. The third kappa shape index (κ3) is 5.85. The molecule has 5 rings (SSSR count). The molecule has 3 aromatic rings. The van der Waals surface area contributed by atoms with Gasteiger partial charge in [0.25, 0.3) is 0 Å². The normalized spacial score (nSPS) is 17.7. The number of carbonyl (C=O) groups is 1. The monoisotopic (exact) mass is 524 g/mol. The fourth-order valence-electron chi connectivity index (χ4n) is 4.67. The Labute approximate surface area is 208 Å². The molecular weight excluding hydrogens is 496 g/mol. The fraction of sp³-hybridized carbons (Fsp3) is 0.423. The van der Waals surface area contributed by atoms with Crippen LogP contribution < -0.4 is 10.1 Å². The van der Waals surface area contributed by atoms with Gasteiger partial charge in [-0.25, -0.2) is 0 Å². The first-order chi connectivity index (χ1) is 16.6. The first kappa shape index (κ1) is 23.1. The average Bonchev–Trinajstić information content (AvgIpc) is 3.53. The van der Waals surface area contributed by atoms with Crippen molar-refractivity contribution >= 4 is 27.5 Å². The molecule has 1 aromatic heterocycles. The Bertz CT molecular complexity index is 1100. The van der Waals surface area contributed by atoms with Crippen LogP contribution in [0, 0.1) is 5.92 Å². The molecule has 1 aliphatic heterocycles. The van der Waals surface area contributed by atoms with E-state index in [1.807, 2.05) is 48.5 Å². The van der Waals surface area contributed by atoms with Crippen molar-refractivity contribution in [3.8, 4) is 17.1 Å². The maximum Gasteiger partial charge on any atom is 0.241 e. The minimum atomic E-state index is 0.00517. The van der Waals surface area contributed by atoms with E-state index < -0.39 is 0 Å². The van der Waals surface area contributed by atoms with E-state index in [-0.39, 0.29) is 11.8 Å². The van der Waals surface area contributed by atoms with Gasteiger partial charge < -0.3 is 14.6 Å². The zero-order valence-corrected chi connectivity index (χ0v) is 20.7. The summed E-state index contributed by atoms with van der Waals surface area (Å²) >= 11 is 3.47. The van der Waals surface area contributed by atoms with Gasteiger partial charge in [-0.05, 0) is 88.0 Å². The Balaban J connectivity index is 1.08. The van der Waals surface area contributed by atoms with Gasteiger partial charge in [0.1, 0.15) is 5.75 Å². The molecule has 0 radical (unpaired) electrons. The molecule has 0 unspecified atom stereocenters. The van der Waals surface area contributed by atoms with Gasteiger partial charge in [-0.3, -0.25) is 9.69 Å². The van der Waals surface area contributed by atoms with Gasteiger partial charge in [0.2, 0.25) is 17.6 Å². The molecule has 2 fully saturated rings. The van der Waals surface area contributed by atoms with E-state index >= 15 is 0 Å². The van der Waals surface area contributed by atoms with Crippen LogP contribution in [0.1, 0.15) is 44.4 Å². The van der Waals surface area contributed by atoms with Crippen LogP contribution in [0.4, 0.5) is 5.69 Å². The Morgan fingerprint density at radius 3 is 2.59 bits per heavy atom. The van der Waals surface area contributed by atoms with Crippen molar-refractivity contribution in [3.05, 3.63) is 58.9 Å². The van der Waals surface area contributed by atoms with Crippen molar-refractivity contribution in [2.24, 2.45) is 5.92 Å². The number of nitrogens with zero attached hydrogens (tertiary/aromatic N) is 3. The first-order valence-electron chi connectivity index (χ1n) is 12.0. The van der Waals surface area contributed by atoms with Gasteiger partial charge in [-0.1, -0.05) is 33.2 Å². The van der Waals surface area contributed by atoms with Crippen molar-refractivity contribution in [2.75, 3.05) is 18.4 Å². The molecule has 1 saturated carbocycles. The number of amides is 1. The molecule has 1 aliphatic carbocycles. The topological polar surface area (TPSA) is 80.5 Å². The van der Waals surface area contributed by atoms with Crippen LogP contribution in [-0.2, 0) is 11.3 Å². The molecule has 178 valence electrons. The molecule has 1 N–H and O–H groups in total. The van der Waals surface area contributed by atoms with Gasteiger partial charge >= 0.3 is 0 Å². The lowest BCUT2D eigenvalue weighted by Crippen LogP contribution is -2.37. The van der Waals surface area contributed by atoms with Crippen molar-refractivity contribution in [3.63, 3.8) is 0 Å². The Morgan fingerprint density at radius 2 is 1.85 bits per heavy atom. The summed E-state index contributed by atoms with van der Waals surface area (Å²) in [6, 6.07) is 15.6. The number of nitrogens with one attached hydrogen (secondary N) is 1. The lowest BCUT2D eigenvalue weighted by atomic mass is 9.96. The maximum absolute atomic E-state index is 12.8. The number of anilines is 1. The van der Waals surface area contributed by atoms with Gasteiger partial charge in [0.15, 0.2) is 0 Å². The molecule has 2 aliphatic rings. The van der Waals surface area contributed by atoms with Crippen LogP contribution in [0.2, 0.25) is 0 Å². The second kappa shape index (κ2) is 10.7. The Morgan fingerprint density at radius 1 is 1.09 bits per heavy atom. The lowest BCUT2D eigenvalue weighted by molar-refractivity contribution is -0.121. The van der Waals surface area contributed by atoms with Crippen LogP contribution in [0.15, 0.2) is 57.5 Å². The lowest BCUT2D eigenvalue weighted by Gasteiger charge is -2.30. The number of likely N-dealkylation sites (tertiary alicyclic amines) is 1. The summed E-state index contributed by atoms with van der Waals surface area (Å²) < 4.78 is 12.4. The number of piperidine rings is 1. The third-order valence-corrected chi connectivity index (χ3v) is 7.09. The average molecular weight is 525 g/mol. The molecule has 7 nitrogen and oxygen atoms in total. The minimum absolute atomic E-state index is 0.00517. The molecule has 0 spiro atoms. The molecular formula is C26H29BrN4O3. The van der Waals surface area contributed by atoms with Crippen molar-refractivity contribution in [1.29, 1.82) is 0 Å². The highest BCUT2D eigenvalue weighted by Crippen LogP contribution is 2.26. The molecule has 2 heterocycles. The second-order valence-electron chi connectivity index (χ2n) is 9.11. The second-order valence-corrected chi connectivity index (χ2v) is 10.0. The predicted octanol–water partition coefficient (Wildman–Crippen LogP) is 5.67. The third-order valence-electron chi connectivity index (χ3n) is 6.59. The number of ether oxygens (including phenoxy) is 1. The summed E-state index contributed by atoms with van der Waals surface area (Å²) in [4.78, 5) is 19.6. The smallest absolute Gasteiger partial charge is 0.241 e. The van der Waals surface area contributed by atoms with Gasteiger partial charge in [-0.2, -0.15) is 4.98 Å². The number of benzene rings is 2. The summed E-state index contributed by atoms with van der Waals surface area (Å²) in [5.74, 6) is 2.15. The summed E-state index contributed by atoms with van der Waals surface area (Å²) in [5.41, 5.74) is 1.73. The summed E-state index contributed by atoms with van der Waals surface area (Å²) in [6.07, 6.45) is 6.72. The number of rotatable bonds is 7. The summed E-state index contributed by atoms with van der Waals surface area (Å²) in [5, 5.41) is 7.18. The Kier molecular flexibility index (Phi) is 7.25. The zero-order chi connectivity index (χ0) is 23.3. The molecule has 34 heavy (non-hydrogen) atoms. The number of hydrogen-bond donors (Lipinski definition) is 1. The molecule has 2 aromatic carbocycles. The van der Waals surface area contributed by atoms with Gasteiger partial charge in [-0.15, -0.1) is 0 Å². The predicted molar refractivity (Wildman–Crippen MR) is 133 cm³/mol. The zero-order valence-electron chi connectivity index (χ0n) is 19.1. The van der Waals surface area contributed by atoms with E-state index in [0.29, 0.717) is 24.4 Å². The largest absolute Gasteiger partial charge is 0.490 e. The number of hydrogen-bond acceptors (Lipinski definition) is 6. The van der Waals surface area contributed by atoms with Crippen LogP contribution in [0.5, 0.6) is 5.75 Å². The van der Waals surface area contributed by atoms with Gasteiger partial charge in [0, 0.05) is 21.6 Å². The van der Waals surface area contributed by atoms with Crippen molar-refractivity contribution in [1.82, 2.24) is 15.0 Å². The Hall–Kier alpha value is -2.71. The minimum Gasteiger partial charge on any atom is -0.490 e. The van der Waals surface area contributed by atoms with Crippen LogP contribution in [0.3, 0.4) is 0 Å². The van der Waals surface area contributed by atoms with Crippen LogP contribution in [-0.4, -0.2) is 40.1 Å².